The quantitative estimate of drug-likeness (QED) is 0.575. The van der Waals surface area contributed by atoms with E-state index < -0.39 is 18.1 Å². The summed E-state index contributed by atoms with van der Waals surface area (Å²) in [6.45, 7) is 4.26. The van der Waals surface area contributed by atoms with Crippen molar-refractivity contribution in [1.29, 1.82) is 0 Å². The highest BCUT2D eigenvalue weighted by Crippen LogP contribution is 2.33. The van der Waals surface area contributed by atoms with Crippen LogP contribution in [-0.4, -0.2) is 85.7 Å². The van der Waals surface area contributed by atoms with E-state index in [0.717, 1.165) is 5.69 Å². The maximum atomic E-state index is 13.8. The molecule has 9 nitrogen and oxygen atoms in total. The molecule has 9 heteroatoms. The highest BCUT2D eigenvalue weighted by atomic mass is 16.5. The Kier molecular flexibility index (Phi) is 8.04. The Morgan fingerprint density at radius 3 is 2.37 bits per heavy atom. The fraction of sp³-hybridized carbons (Fsp3) is 0.448. The Hall–Kier alpha value is -3.88. The molecule has 0 aliphatic carbocycles. The average Bonchev–Trinajstić information content (AvgIpc) is 3.48. The smallest absolute Gasteiger partial charge is 0.258 e. The molecular formula is C29H36N4O5. The summed E-state index contributed by atoms with van der Waals surface area (Å²) in [6, 6.07) is 12.2. The maximum absolute atomic E-state index is 13.8. The number of nitrogens with one attached hydrogen (secondary N) is 1. The molecule has 2 aliphatic rings. The molecule has 4 rings (SSSR count). The molecule has 2 aromatic carbocycles. The summed E-state index contributed by atoms with van der Waals surface area (Å²) in [5.41, 5.74) is 1.81. The van der Waals surface area contributed by atoms with Crippen molar-refractivity contribution in [2.45, 2.75) is 44.8 Å². The van der Waals surface area contributed by atoms with Crippen molar-refractivity contribution in [3.8, 4) is 5.75 Å². The predicted molar refractivity (Wildman–Crippen MR) is 144 cm³/mol. The number of fused-ring (bicyclic) bond motifs is 1. The Balaban J connectivity index is 1.51. The molecule has 0 spiro atoms. The van der Waals surface area contributed by atoms with Gasteiger partial charge in [-0.1, -0.05) is 26.0 Å². The lowest BCUT2D eigenvalue weighted by Gasteiger charge is -2.29. The number of carbonyl (C=O) groups excluding carboxylic acids is 4. The third-order valence-electron chi connectivity index (χ3n) is 7.26. The number of hydrogen-bond donors (Lipinski definition) is 1. The molecule has 2 aromatic rings. The molecule has 2 unspecified atom stereocenters. The van der Waals surface area contributed by atoms with E-state index in [-0.39, 0.29) is 36.0 Å². The molecule has 0 saturated carbocycles. The molecule has 0 aromatic heterocycles. The van der Waals surface area contributed by atoms with Crippen LogP contribution in [0.4, 0.5) is 5.69 Å². The first kappa shape index (κ1) is 27.2. The van der Waals surface area contributed by atoms with Gasteiger partial charge in [0.1, 0.15) is 17.8 Å². The number of para-hydroxylation sites is 1. The molecule has 2 aliphatic heterocycles. The maximum Gasteiger partial charge on any atom is 0.258 e. The van der Waals surface area contributed by atoms with Gasteiger partial charge >= 0.3 is 0 Å². The number of carbonyl (C=O) groups is 4. The molecule has 1 N–H and O–H groups in total. The topological polar surface area (TPSA) is 99.3 Å². The molecule has 0 bridgehead atoms. The summed E-state index contributed by atoms with van der Waals surface area (Å²) in [4.78, 5) is 58.4. The summed E-state index contributed by atoms with van der Waals surface area (Å²) in [5.74, 6) is -0.497. The zero-order valence-electron chi connectivity index (χ0n) is 22.6. The number of rotatable bonds is 8. The minimum Gasteiger partial charge on any atom is -0.496 e. The van der Waals surface area contributed by atoms with Crippen LogP contribution in [0.15, 0.2) is 48.5 Å². The van der Waals surface area contributed by atoms with E-state index >= 15 is 0 Å². The van der Waals surface area contributed by atoms with Crippen molar-refractivity contribution >= 4 is 29.2 Å². The lowest BCUT2D eigenvalue weighted by Crippen LogP contribution is -2.53. The number of ketones is 1. The Bertz CT molecular complexity index is 1210. The first-order valence-corrected chi connectivity index (χ1v) is 13.0. The van der Waals surface area contributed by atoms with E-state index in [9.17, 15) is 19.2 Å². The minimum absolute atomic E-state index is 0.0601. The molecule has 202 valence electrons. The lowest BCUT2D eigenvalue weighted by molar-refractivity contribution is -0.138. The number of ether oxygens (including phenoxy) is 1. The van der Waals surface area contributed by atoms with Crippen LogP contribution in [0.3, 0.4) is 0 Å². The fourth-order valence-corrected chi connectivity index (χ4v) is 5.36. The highest BCUT2D eigenvalue weighted by molar-refractivity contribution is 6.04. The van der Waals surface area contributed by atoms with Crippen LogP contribution in [0.5, 0.6) is 5.75 Å². The molecular weight excluding hydrogens is 484 g/mol. The summed E-state index contributed by atoms with van der Waals surface area (Å²) < 4.78 is 5.34. The van der Waals surface area contributed by atoms with Crippen LogP contribution in [0.25, 0.3) is 0 Å². The first-order chi connectivity index (χ1) is 18.1. The molecule has 2 saturated heterocycles. The van der Waals surface area contributed by atoms with Gasteiger partial charge in [0.15, 0.2) is 5.78 Å². The number of amides is 3. The Labute approximate surface area is 223 Å². The molecule has 2 fully saturated rings. The largest absolute Gasteiger partial charge is 0.496 e. The zero-order valence-corrected chi connectivity index (χ0v) is 22.6. The molecule has 2 heterocycles. The standard InChI is InChI=1S/C29H36N4O5/c1-18(2)16-22(30-27(35)19-10-12-20(13-11-19)31(3)4)29(37)32-15-14-23-26(32)24(34)17-33(23)28(36)21-8-6-7-9-25(21)38-5/h6-13,18,22-23,26H,14-17H2,1-5H3,(H,30,35)/t22-,23?,26?/m0/s1. The highest BCUT2D eigenvalue weighted by Gasteiger charge is 2.52. The zero-order chi connectivity index (χ0) is 27.6. The van der Waals surface area contributed by atoms with Crippen LogP contribution in [-0.2, 0) is 9.59 Å². The Morgan fingerprint density at radius 1 is 1.05 bits per heavy atom. The monoisotopic (exact) mass is 520 g/mol. The van der Waals surface area contributed by atoms with Gasteiger partial charge in [0.2, 0.25) is 5.91 Å². The van der Waals surface area contributed by atoms with E-state index in [1.165, 1.54) is 7.11 Å². The molecule has 38 heavy (non-hydrogen) atoms. The van der Waals surface area contributed by atoms with E-state index in [1.807, 2.05) is 45.0 Å². The van der Waals surface area contributed by atoms with Crippen LogP contribution < -0.4 is 15.0 Å². The lowest BCUT2D eigenvalue weighted by atomic mass is 10.0. The van der Waals surface area contributed by atoms with E-state index in [0.29, 0.717) is 36.3 Å². The number of benzene rings is 2. The summed E-state index contributed by atoms with van der Waals surface area (Å²) in [6.07, 6.45) is 0.934. The summed E-state index contributed by atoms with van der Waals surface area (Å²) in [7, 11) is 5.34. The SMILES string of the molecule is COc1ccccc1C(=O)N1CC(=O)C2C1CCN2C(=O)[C@H](CC(C)C)NC(=O)c1ccc(N(C)C)cc1. The third-order valence-corrected chi connectivity index (χ3v) is 7.26. The van der Waals surface area contributed by atoms with Gasteiger partial charge in [-0.15, -0.1) is 0 Å². The number of likely N-dealkylation sites (tertiary alicyclic amines) is 2. The van der Waals surface area contributed by atoms with Gasteiger partial charge in [0.05, 0.1) is 25.3 Å². The Morgan fingerprint density at radius 2 is 1.74 bits per heavy atom. The van der Waals surface area contributed by atoms with Crippen LogP contribution in [0.1, 0.15) is 47.4 Å². The fourth-order valence-electron chi connectivity index (χ4n) is 5.36. The number of nitrogens with zero attached hydrogens (tertiary/aromatic N) is 3. The van der Waals surface area contributed by atoms with Gasteiger partial charge in [0, 0.05) is 31.9 Å². The van der Waals surface area contributed by atoms with Crippen molar-refractivity contribution < 1.29 is 23.9 Å². The van der Waals surface area contributed by atoms with Crippen LogP contribution in [0, 0.1) is 5.92 Å². The van der Waals surface area contributed by atoms with Crippen molar-refractivity contribution in [3.05, 3.63) is 59.7 Å². The van der Waals surface area contributed by atoms with Crippen molar-refractivity contribution in [2.24, 2.45) is 5.92 Å². The number of methoxy groups -OCH3 is 1. The molecule has 3 amide bonds. The second kappa shape index (κ2) is 11.2. The first-order valence-electron chi connectivity index (χ1n) is 13.0. The second-order valence-corrected chi connectivity index (χ2v) is 10.5. The van der Waals surface area contributed by atoms with Gasteiger partial charge in [-0.25, -0.2) is 0 Å². The number of anilines is 1. The van der Waals surface area contributed by atoms with Gasteiger partial charge in [-0.05, 0) is 55.2 Å². The van der Waals surface area contributed by atoms with E-state index in [2.05, 4.69) is 5.32 Å². The van der Waals surface area contributed by atoms with Crippen molar-refractivity contribution in [2.75, 3.05) is 39.2 Å². The van der Waals surface area contributed by atoms with Crippen molar-refractivity contribution in [1.82, 2.24) is 15.1 Å². The van der Waals surface area contributed by atoms with E-state index in [1.54, 1.807) is 46.2 Å². The van der Waals surface area contributed by atoms with E-state index in [4.69, 9.17) is 4.74 Å². The van der Waals surface area contributed by atoms with Gasteiger partial charge < -0.3 is 24.8 Å². The van der Waals surface area contributed by atoms with Crippen LogP contribution in [0.2, 0.25) is 0 Å². The minimum atomic E-state index is -0.776. The normalized spacial score (nSPS) is 19.4. The molecule has 0 radical (unpaired) electrons. The number of hydrogen-bond acceptors (Lipinski definition) is 6. The second-order valence-electron chi connectivity index (χ2n) is 10.5. The summed E-state index contributed by atoms with van der Waals surface area (Å²) in [5, 5.41) is 2.91. The third kappa shape index (κ3) is 5.37. The van der Waals surface area contributed by atoms with Gasteiger partial charge in [-0.3, -0.25) is 19.2 Å². The number of Topliss-reactive ketones (excluding diaryl/α,β-unsaturated/α-hetero) is 1. The average molecular weight is 521 g/mol. The van der Waals surface area contributed by atoms with Crippen LogP contribution >= 0.6 is 0 Å². The van der Waals surface area contributed by atoms with Crippen molar-refractivity contribution in [3.63, 3.8) is 0 Å². The summed E-state index contributed by atoms with van der Waals surface area (Å²) >= 11 is 0. The molecule has 3 atom stereocenters. The predicted octanol–water partition coefficient (Wildman–Crippen LogP) is 2.60. The van der Waals surface area contributed by atoms with Gasteiger partial charge in [0.25, 0.3) is 11.8 Å². The van der Waals surface area contributed by atoms with Gasteiger partial charge in [-0.2, -0.15) is 0 Å².